The van der Waals surface area contributed by atoms with Gasteiger partial charge in [-0.2, -0.15) is 9.50 Å². The van der Waals surface area contributed by atoms with E-state index in [1.54, 1.807) is 25.8 Å². The molecule has 0 aliphatic rings. The van der Waals surface area contributed by atoms with Crippen LogP contribution in [0.2, 0.25) is 0 Å². The van der Waals surface area contributed by atoms with Gasteiger partial charge in [0.1, 0.15) is 11.6 Å². The number of fused-ring (bicyclic) bond motifs is 1. The highest BCUT2D eigenvalue weighted by Gasteiger charge is 2.20. The molecule has 0 aliphatic carbocycles. The van der Waals surface area contributed by atoms with Gasteiger partial charge >= 0.3 is 0 Å². The zero-order valence-electron chi connectivity index (χ0n) is 16.8. The van der Waals surface area contributed by atoms with Crippen LogP contribution in [0.25, 0.3) is 5.78 Å². The minimum Gasteiger partial charge on any atom is -0.494 e. The monoisotopic (exact) mass is 383 g/mol. The van der Waals surface area contributed by atoms with E-state index in [9.17, 15) is 9.59 Å². The number of nitrogens with zero attached hydrogens (tertiary/aromatic N) is 4. The molecule has 8 heteroatoms. The molecule has 28 heavy (non-hydrogen) atoms. The van der Waals surface area contributed by atoms with Gasteiger partial charge in [0.05, 0.1) is 19.1 Å². The molecule has 0 bridgehead atoms. The lowest BCUT2D eigenvalue weighted by Gasteiger charge is -2.25. The molecule has 2 aromatic heterocycles. The summed E-state index contributed by atoms with van der Waals surface area (Å²) in [5.74, 6) is 1.38. The van der Waals surface area contributed by atoms with Crippen molar-refractivity contribution in [3.63, 3.8) is 0 Å². The summed E-state index contributed by atoms with van der Waals surface area (Å²) < 4.78 is 6.73. The van der Waals surface area contributed by atoms with Gasteiger partial charge in [-0.3, -0.25) is 14.7 Å². The highest BCUT2D eigenvalue weighted by Crippen LogP contribution is 2.22. The van der Waals surface area contributed by atoms with Gasteiger partial charge in [-0.25, -0.2) is 4.98 Å². The summed E-state index contributed by atoms with van der Waals surface area (Å²) in [5, 5.41) is 2.88. The van der Waals surface area contributed by atoms with Crippen LogP contribution in [-0.4, -0.2) is 44.0 Å². The molecule has 3 rings (SSSR count). The lowest BCUT2D eigenvalue weighted by molar-refractivity contribution is -0.131. The van der Waals surface area contributed by atoms with Crippen LogP contribution in [0, 0.1) is 13.8 Å². The number of aromatic nitrogens is 4. The second kappa shape index (κ2) is 7.84. The molecule has 0 unspecified atom stereocenters. The molecule has 0 spiro atoms. The van der Waals surface area contributed by atoms with E-state index in [0.717, 1.165) is 11.3 Å². The molecule has 148 valence electrons. The standard InChI is InChI=1S/C20H25N5O3/c1-6-28-16-9-7-15(8-10-16)14(4)24(5)18(26)11-17-22-20-21-13(3)12(2)19(27)25(20)23-17/h7-10,14H,6,11H2,1-5H3,(H,21,22,23)/t14-/m0/s1. The molecule has 3 aromatic rings. The molecule has 0 fully saturated rings. The third-order valence-corrected chi connectivity index (χ3v) is 4.98. The average molecular weight is 383 g/mol. The lowest BCUT2D eigenvalue weighted by atomic mass is 10.1. The Morgan fingerprint density at radius 3 is 2.57 bits per heavy atom. The predicted molar refractivity (Wildman–Crippen MR) is 106 cm³/mol. The van der Waals surface area contributed by atoms with Gasteiger partial charge in [-0.15, -0.1) is 0 Å². The minimum absolute atomic E-state index is 0.0543. The van der Waals surface area contributed by atoms with E-state index < -0.39 is 0 Å². The molecule has 1 atom stereocenters. The first kappa shape index (κ1) is 19.6. The van der Waals surface area contributed by atoms with Crippen LogP contribution in [0.3, 0.4) is 0 Å². The maximum absolute atomic E-state index is 12.7. The van der Waals surface area contributed by atoms with Crippen molar-refractivity contribution in [3.8, 4) is 5.75 Å². The number of likely N-dealkylation sites (N-methyl/N-ethyl adjacent to an activating group) is 1. The number of H-pyrrole nitrogens is 1. The minimum atomic E-state index is -0.204. The van der Waals surface area contributed by atoms with E-state index in [2.05, 4.69) is 15.1 Å². The second-order valence-electron chi connectivity index (χ2n) is 6.79. The smallest absolute Gasteiger partial charge is 0.277 e. The van der Waals surface area contributed by atoms with Crippen LogP contribution in [0.4, 0.5) is 0 Å². The highest BCUT2D eigenvalue weighted by atomic mass is 16.5. The van der Waals surface area contributed by atoms with E-state index in [1.165, 1.54) is 4.52 Å². The van der Waals surface area contributed by atoms with E-state index in [1.807, 2.05) is 38.1 Å². The molecule has 1 N–H and O–H groups in total. The summed E-state index contributed by atoms with van der Waals surface area (Å²) in [4.78, 5) is 35.3. The second-order valence-corrected chi connectivity index (χ2v) is 6.79. The fraction of sp³-hybridized carbons (Fsp3) is 0.400. The summed E-state index contributed by atoms with van der Waals surface area (Å²) in [7, 11) is 1.75. The number of rotatable bonds is 6. The van der Waals surface area contributed by atoms with Gasteiger partial charge in [-0.05, 0) is 45.4 Å². The number of carbonyl (C=O) groups excluding carboxylic acids is 1. The van der Waals surface area contributed by atoms with Crippen molar-refractivity contribution in [1.82, 2.24) is 24.5 Å². The molecular formula is C20H25N5O3. The first-order chi connectivity index (χ1) is 13.3. The van der Waals surface area contributed by atoms with Crippen molar-refractivity contribution >= 4 is 11.7 Å². The van der Waals surface area contributed by atoms with Gasteiger partial charge in [-0.1, -0.05) is 12.1 Å². The van der Waals surface area contributed by atoms with Crippen LogP contribution in [0.15, 0.2) is 29.1 Å². The number of nitrogens with one attached hydrogen (secondary N) is 1. The number of aryl methyl sites for hydroxylation is 1. The fourth-order valence-electron chi connectivity index (χ4n) is 2.94. The van der Waals surface area contributed by atoms with E-state index >= 15 is 0 Å². The van der Waals surface area contributed by atoms with Crippen molar-refractivity contribution in [2.75, 3.05) is 13.7 Å². The maximum atomic E-state index is 12.7. The molecule has 0 saturated carbocycles. The Bertz CT molecular complexity index is 1050. The van der Waals surface area contributed by atoms with Gasteiger partial charge in [0.25, 0.3) is 11.3 Å². The molecule has 0 radical (unpaired) electrons. The Balaban J connectivity index is 1.75. The van der Waals surface area contributed by atoms with Crippen molar-refractivity contribution in [2.45, 2.75) is 40.2 Å². The van der Waals surface area contributed by atoms with Crippen LogP contribution < -0.4 is 10.3 Å². The first-order valence-electron chi connectivity index (χ1n) is 9.25. The summed E-state index contributed by atoms with van der Waals surface area (Å²) in [5.41, 5.74) is 1.99. The topological polar surface area (TPSA) is 92.6 Å². The van der Waals surface area contributed by atoms with Crippen molar-refractivity contribution < 1.29 is 9.53 Å². The number of carbonyl (C=O) groups is 1. The summed E-state index contributed by atoms with van der Waals surface area (Å²) in [6.07, 6.45) is 0.0543. The molecule has 0 aliphatic heterocycles. The van der Waals surface area contributed by atoms with Crippen molar-refractivity contribution in [1.29, 1.82) is 0 Å². The summed E-state index contributed by atoms with van der Waals surface area (Å²) >= 11 is 0. The van der Waals surface area contributed by atoms with Gasteiger partial charge in [0.2, 0.25) is 5.91 Å². The number of benzene rings is 1. The Morgan fingerprint density at radius 2 is 1.93 bits per heavy atom. The molecule has 8 nitrogen and oxygen atoms in total. The predicted octanol–water partition coefficient (Wildman–Crippen LogP) is 2.20. The Labute approximate surface area is 163 Å². The molecular weight excluding hydrogens is 358 g/mol. The third-order valence-electron chi connectivity index (χ3n) is 4.98. The van der Waals surface area contributed by atoms with Gasteiger partial charge < -0.3 is 9.64 Å². The molecule has 2 heterocycles. The van der Waals surface area contributed by atoms with Crippen molar-refractivity contribution in [2.24, 2.45) is 0 Å². The Kier molecular flexibility index (Phi) is 5.48. The fourth-order valence-corrected chi connectivity index (χ4v) is 2.94. The highest BCUT2D eigenvalue weighted by molar-refractivity contribution is 5.78. The van der Waals surface area contributed by atoms with Gasteiger partial charge in [0, 0.05) is 18.3 Å². The van der Waals surface area contributed by atoms with E-state index in [0.29, 0.717) is 23.7 Å². The molecule has 0 saturated heterocycles. The van der Waals surface area contributed by atoms with E-state index in [-0.39, 0.29) is 29.7 Å². The number of hydrogen-bond donors (Lipinski definition) is 1. The van der Waals surface area contributed by atoms with Gasteiger partial charge in [0.15, 0.2) is 0 Å². The normalized spacial score (nSPS) is 12.2. The SMILES string of the molecule is CCOc1ccc([C@H](C)N(C)C(=O)Cc2nc3nc(C)c(C)c(=O)n3[nH]2)cc1. The number of hydrogen-bond acceptors (Lipinski definition) is 5. The third kappa shape index (κ3) is 3.76. The largest absolute Gasteiger partial charge is 0.494 e. The first-order valence-corrected chi connectivity index (χ1v) is 9.25. The number of ether oxygens (including phenoxy) is 1. The van der Waals surface area contributed by atoms with Crippen molar-refractivity contribution in [3.05, 3.63) is 57.3 Å². The zero-order chi connectivity index (χ0) is 20.4. The van der Waals surface area contributed by atoms with Crippen LogP contribution in [0.1, 0.15) is 42.5 Å². The zero-order valence-corrected chi connectivity index (χ0v) is 16.8. The van der Waals surface area contributed by atoms with E-state index in [4.69, 9.17) is 4.74 Å². The quantitative estimate of drug-likeness (QED) is 0.704. The maximum Gasteiger partial charge on any atom is 0.277 e. The number of amides is 1. The molecule has 1 amide bonds. The summed E-state index contributed by atoms with van der Waals surface area (Å²) in [6, 6.07) is 7.59. The van der Waals surface area contributed by atoms with Crippen LogP contribution in [-0.2, 0) is 11.2 Å². The Hall–Kier alpha value is -3.16. The van der Waals surface area contributed by atoms with Crippen LogP contribution >= 0.6 is 0 Å². The number of aromatic amines is 1. The Morgan fingerprint density at radius 1 is 1.25 bits per heavy atom. The molecule has 1 aromatic carbocycles. The summed E-state index contributed by atoms with van der Waals surface area (Å²) in [6.45, 7) is 8.00. The lowest BCUT2D eigenvalue weighted by Crippen LogP contribution is -2.31. The van der Waals surface area contributed by atoms with Crippen LogP contribution in [0.5, 0.6) is 5.75 Å². The average Bonchev–Trinajstić information content (AvgIpc) is 3.08.